The topological polar surface area (TPSA) is 160 Å². The maximum absolute atomic E-state index is 10.7. The molecular formula is C34H26Cl4N4O5Zn. The van der Waals surface area contributed by atoms with E-state index in [0.717, 1.165) is 0 Å². The summed E-state index contributed by atoms with van der Waals surface area (Å²) in [5.74, 6) is -2.72. The summed E-state index contributed by atoms with van der Waals surface area (Å²) in [6.07, 6.45) is 2.67. The van der Waals surface area contributed by atoms with Crippen molar-refractivity contribution in [1.82, 2.24) is 4.98 Å². The SMILES string of the molecule is NC(=O)c1cccnc1.O=C([O-])Cc1ccccc1Nc1c(Cl)cccc1Cl.O=C([O-])Cc1ccccc1Nc1c(Cl)cccc1Cl.[Zn+2]. The van der Waals surface area contributed by atoms with Crippen LogP contribution in [0.1, 0.15) is 21.5 Å². The van der Waals surface area contributed by atoms with Gasteiger partial charge in [0.1, 0.15) is 0 Å². The van der Waals surface area contributed by atoms with E-state index in [1.807, 2.05) is 0 Å². The van der Waals surface area contributed by atoms with E-state index in [0.29, 0.717) is 59.5 Å². The first-order valence-corrected chi connectivity index (χ1v) is 15.1. The minimum Gasteiger partial charge on any atom is -0.550 e. The maximum Gasteiger partial charge on any atom is 2.00 e. The number of halogens is 4. The van der Waals surface area contributed by atoms with Crippen molar-refractivity contribution in [1.29, 1.82) is 0 Å². The molecule has 0 aliphatic rings. The van der Waals surface area contributed by atoms with E-state index < -0.39 is 17.8 Å². The molecule has 1 aromatic heterocycles. The van der Waals surface area contributed by atoms with Crippen LogP contribution in [0.4, 0.5) is 22.7 Å². The second kappa shape index (κ2) is 20.2. The van der Waals surface area contributed by atoms with E-state index in [2.05, 4.69) is 15.6 Å². The Labute approximate surface area is 309 Å². The predicted molar refractivity (Wildman–Crippen MR) is 183 cm³/mol. The summed E-state index contributed by atoms with van der Waals surface area (Å²) in [4.78, 5) is 35.5. The number of anilines is 4. The number of aliphatic carboxylic acids is 2. The zero-order valence-corrected chi connectivity index (χ0v) is 31.1. The summed E-state index contributed by atoms with van der Waals surface area (Å²) in [5.41, 5.74) is 8.98. The molecule has 0 aliphatic heterocycles. The van der Waals surface area contributed by atoms with Crippen LogP contribution in [0.3, 0.4) is 0 Å². The van der Waals surface area contributed by atoms with Gasteiger partial charge in [0.2, 0.25) is 5.91 Å². The van der Waals surface area contributed by atoms with E-state index in [1.165, 1.54) is 6.20 Å². The van der Waals surface area contributed by atoms with Crippen LogP contribution in [-0.2, 0) is 41.9 Å². The zero-order valence-electron chi connectivity index (χ0n) is 25.1. The van der Waals surface area contributed by atoms with E-state index in [-0.39, 0.29) is 32.3 Å². The van der Waals surface area contributed by atoms with Gasteiger partial charge >= 0.3 is 19.5 Å². The number of para-hydroxylation sites is 4. The molecule has 0 aliphatic carbocycles. The molecule has 14 heteroatoms. The number of carboxylic acids is 2. The standard InChI is InChI=1S/2C14H11Cl2NO2.C6H6N2O.Zn/c2*15-10-5-3-6-11(16)14(10)17-12-7-2-1-4-9(12)8-13(18)19;7-6(9)5-2-1-3-8-4-5;/h2*1-7,17H,8H2,(H,18,19);1-4H,(H2,7,9);/q;;;+2/p-2. The van der Waals surface area contributed by atoms with Crippen molar-refractivity contribution in [2.45, 2.75) is 12.8 Å². The molecule has 0 saturated heterocycles. The summed E-state index contributed by atoms with van der Waals surface area (Å²) >= 11 is 24.2. The van der Waals surface area contributed by atoms with Gasteiger partial charge in [0.15, 0.2) is 0 Å². The van der Waals surface area contributed by atoms with Crippen LogP contribution in [0.5, 0.6) is 0 Å². The van der Waals surface area contributed by atoms with Crippen molar-refractivity contribution >= 4 is 87.0 Å². The molecule has 5 rings (SSSR count). The number of nitrogens with two attached hydrogens (primary N) is 1. The van der Waals surface area contributed by atoms with Crippen molar-refractivity contribution in [2.24, 2.45) is 5.73 Å². The van der Waals surface area contributed by atoms with Crippen molar-refractivity contribution < 1.29 is 44.1 Å². The molecule has 1 heterocycles. The Bertz CT molecular complexity index is 1700. The fraction of sp³-hybridized carbons (Fsp3) is 0.0588. The van der Waals surface area contributed by atoms with Gasteiger partial charge in [0.05, 0.1) is 37.0 Å². The number of hydrogen-bond donors (Lipinski definition) is 3. The van der Waals surface area contributed by atoms with Gasteiger partial charge in [-0.3, -0.25) is 9.78 Å². The summed E-state index contributed by atoms with van der Waals surface area (Å²) in [5, 5.41) is 29.4. The van der Waals surface area contributed by atoms with Crippen LogP contribution in [0.2, 0.25) is 20.1 Å². The molecule has 0 radical (unpaired) electrons. The first kappa shape index (κ1) is 40.0. The average molecular weight is 778 g/mol. The number of carbonyl (C=O) groups is 3. The van der Waals surface area contributed by atoms with Crippen LogP contribution in [0.15, 0.2) is 109 Å². The summed E-state index contributed by atoms with van der Waals surface area (Å²) in [6, 6.07) is 27.7. The number of nitrogens with zero attached hydrogens (tertiary/aromatic N) is 1. The van der Waals surface area contributed by atoms with Gasteiger partial charge in [-0.05, 0) is 59.7 Å². The molecule has 0 spiro atoms. The zero-order chi connectivity index (χ0) is 34.3. The quantitative estimate of drug-likeness (QED) is 0.149. The van der Waals surface area contributed by atoms with Gasteiger partial charge in [0, 0.05) is 48.5 Å². The molecule has 0 fully saturated rings. The fourth-order valence-corrected chi connectivity index (χ4v) is 4.90. The molecule has 4 aromatic carbocycles. The monoisotopic (exact) mass is 774 g/mol. The Hall–Kier alpha value is -4.18. The minimum atomic E-state index is -1.14. The van der Waals surface area contributed by atoms with Crippen molar-refractivity contribution in [3.63, 3.8) is 0 Å². The number of rotatable bonds is 9. The molecule has 0 saturated carbocycles. The third-order valence-electron chi connectivity index (χ3n) is 6.10. The second-order valence-electron chi connectivity index (χ2n) is 9.46. The number of aromatic nitrogens is 1. The van der Waals surface area contributed by atoms with Crippen molar-refractivity contribution in [2.75, 3.05) is 10.6 Å². The number of hydrogen-bond acceptors (Lipinski definition) is 8. The Morgan fingerprint density at radius 2 is 1.00 bits per heavy atom. The first-order chi connectivity index (χ1) is 22.5. The van der Waals surface area contributed by atoms with Gasteiger partial charge in [-0.25, -0.2) is 0 Å². The van der Waals surface area contributed by atoms with Gasteiger partial charge in [-0.15, -0.1) is 0 Å². The first-order valence-electron chi connectivity index (χ1n) is 13.6. The van der Waals surface area contributed by atoms with Crippen LogP contribution >= 0.6 is 46.4 Å². The van der Waals surface area contributed by atoms with Gasteiger partial charge in [0.25, 0.3) is 0 Å². The Balaban J connectivity index is 0.000000263. The second-order valence-corrected chi connectivity index (χ2v) is 11.1. The number of carbonyl (C=O) groups excluding carboxylic acids is 3. The molecule has 9 nitrogen and oxygen atoms in total. The molecule has 1 amide bonds. The Morgan fingerprint density at radius 3 is 1.31 bits per heavy atom. The predicted octanol–water partition coefficient (Wildman–Crippen LogP) is 6.24. The van der Waals surface area contributed by atoms with Crippen molar-refractivity contribution in [3.05, 3.63) is 146 Å². The number of nitrogens with one attached hydrogen (secondary N) is 2. The van der Waals surface area contributed by atoms with E-state index in [9.17, 15) is 24.6 Å². The molecule has 48 heavy (non-hydrogen) atoms. The van der Waals surface area contributed by atoms with E-state index in [4.69, 9.17) is 52.1 Å². The average Bonchev–Trinajstić information content (AvgIpc) is 3.03. The summed E-state index contributed by atoms with van der Waals surface area (Å²) in [6.45, 7) is 0. The number of pyridine rings is 1. The van der Waals surface area contributed by atoms with Gasteiger partial charge in [-0.1, -0.05) is 94.9 Å². The fourth-order valence-electron chi connectivity index (χ4n) is 3.92. The summed E-state index contributed by atoms with van der Waals surface area (Å²) in [7, 11) is 0. The number of primary amides is 1. The minimum absolute atomic E-state index is 0. The number of amides is 1. The third kappa shape index (κ3) is 12.8. The van der Waals surface area contributed by atoms with Gasteiger partial charge < -0.3 is 36.2 Å². The number of benzene rings is 4. The molecule has 4 N–H and O–H groups in total. The van der Waals surface area contributed by atoms with Gasteiger partial charge in [-0.2, -0.15) is 0 Å². The van der Waals surface area contributed by atoms with Crippen LogP contribution in [-0.4, -0.2) is 22.8 Å². The normalized spacial score (nSPS) is 9.75. The molecule has 0 unspecified atom stereocenters. The van der Waals surface area contributed by atoms with Crippen LogP contribution in [0.25, 0.3) is 0 Å². The summed E-state index contributed by atoms with van der Waals surface area (Å²) < 4.78 is 0. The molecule has 0 atom stereocenters. The Kier molecular flexibility index (Phi) is 16.9. The molecular weight excluding hydrogens is 752 g/mol. The largest absolute Gasteiger partial charge is 2.00 e. The van der Waals surface area contributed by atoms with Crippen LogP contribution in [0, 0.1) is 0 Å². The van der Waals surface area contributed by atoms with Crippen molar-refractivity contribution in [3.8, 4) is 0 Å². The Morgan fingerprint density at radius 1 is 0.604 bits per heavy atom. The molecule has 0 bridgehead atoms. The maximum atomic E-state index is 10.7. The smallest absolute Gasteiger partial charge is 0.550 e. The molecule has 5 aromatic rings. The van der Waals surface area contributed by atoms with E-state index >= 15 is 0 Å². The van der Waals surface area contributed by atoms with Crippen LogP contribution < -0.4 is 26.6 Å². The van der Waals surface area contributed by atoms with E-state index in [1.54, 1.807) is 103 Å². The third-order valence-corrected chi connectivity index (χ3v) is 7.36. The molecule has 242 valence electrons. The number of carboxylic acid groups (broad SMARTS) is 2.